The Morgan fingerprint density at radius 3 is 1.45 bits per heavy atom. The van der Waals surface area contributed by atoms with Crippen LogP contribution in [0.4, 0.5) is 0 Å². The second-order valence-corrected chi connectivity index (χ2v) is 7.57. The minimum Gasteiger partial charge on any atom is -0.461 e. The first kappa shape index (κ1) is 25.1. The van der Waals surface area contributed by atoms with Gasteiger partial charge in [-0.25, -0.2) is 14.6 Å². The van der Waals surface area contributed by atoms with E-state index in [4.69, 9.17) is 9.47 Å². The summed E-state index contributed by atoms with van der Waals surface area (Å²) in [6.45, 7) is 5.16. The lowest BCUT2D eigenvalue weighted by Crippen LogP contribution is -2.13. The van der Waals surface area contributed by atoms with Crippen LogP contribution in [0, 0.1) is 0 Å². The number of ether oxygens (including phenoxy) is 2. The molecule has 0 unspecified atom stereocenters. The van der Waals surface area contributed by atoms with Gasteiger partial charge >= 0.3 is 11.9 Å². The number of rotatable bonds is 17. The van der Waals surface area contributed by atoms with E-state index in [0.717, 1.165) is 32.1 Å². The number of esters is 2. The van der Waals surface area contributed by atoms with Crippen LogP contribution in [-0.4, -0.2) is 30.1 Å². The summed E-state index contributed by atoms with van der Waals surface area (Å²) in [5, 5.41) is 0. The molecule has 1 aromatic heterocycles. The first-order chi connectivity index (χ1) is 14.2. The number of nitrogens with zero attached hydrogens (tertiary/aromatic N) is 1. The molecule has 0 radical (unpaired) electrons. The van der Waals surface area contributed by atoms with Crippen molar-refractivity contribution in [1.29, 1.82) is 0 Å². The highest BCUT2D eigenvalue weighted by molar-refractivity contribution is 5.91. The number of hydrogen-bond donors (Lipinski definition) is 0. The Hall–Kier alpha value is -1.91. The maximum Gasteiger partial charge on any atom is 0.356 e. The third-order valence-electron chi connectivity index (χ3n) is 4.88. The van der Waals surface area contributed by atoms with Gasteiger partial charge in [0.1, 0.15) is 11.4 Å². The molecule has 0 saturated heterocycles. The Bertz CT molecular complexity index is 574. The van der Waals surface area contributed by atoms with Gasteiger partial charge in [0.05, 0.1) is 13.2 Å². The highest BCUT2D eigenvalue weighted by atomic mass is 16.5. The predicted molar refractivity (Wildman–Crippen MR) is 116 cm³/mol. The van der Waals surface area contributed by atoms with Gasteiger partial charge in [-0.3, -0.25) is 0 Å². The molecule has 0 spiro atoms. The van der Waals surface area contributed by atoms with Crippen molar-refractivity contribution in [2.75, 3.05) is 13.2 Å². The van der Waals surface area contributed by atoms with Crippen molar-refractivity contribution >= 4 is 11.9 Å². The fourth-order valence-electron chi connectivity index (χ4n) is 3.08. The zero-order chi connectivity index (χ0) is 21.2. The van der Waals surface area contributed by atoms with Gasteiger partial charge in [-0.05, 0) is 25.0 Å². The van der Waals surface area contributed by atoms with E-state index in [1.54, 1.807) is 18.2 Å². The number of carbonyl (C=O) groups is 2. The average molecular weight is 406 g/mol. The summed E-state index contributed by atoms with van der Waals surface area (Å²) in [6, 6.07) is 4.77. The van der Waals surface area contributed by atoms with Gasteiger partial charge in [0.15, 0.2) is 0 Å². The Kier molecular flexibility index (Phi) is 14.7. The molecule has 5 heteroatoms. The molecule has 0 aliphatic rings. The highest BCUT2D eigenvalue weighted by Crippen LogP contribution is 2.09. The third-order valence-corrected chi connectivity index (χ3v) is 4.88. The Balaban J connectivity index is 2.23. The maximum absolute atomic E-state index is 12.2. The molecular formula is C24H39NO4. The van der Waals surface area contributed by atoms with Crippen molar-refractivity contribution < 1.29 is 19.1 Å². The molecule has 0 amide bonds. The lowest BCUT2D eigenvalue weighted by molar-refractivity contribution is 0.0482. The first-order valence-electron chi connectivity index (χ1n) is 11.5. The second-order valence-electron chi connectivity index (χ2n) is 7.57. The minimum atomic E-state index is -0.488. The quantitative estimate of drug-likeness (QED) is 0.218. The molecule has 0 fully saturated rings. The summed E-state index contributed by atoms with van der Waals surface area (Å²) in [5.74, 6) is -0.972. The van der Waals surface area contributed by atoms with Crippen LogP contribution in [0.2, 0.25) is 0 Å². The second kappa shape index (κ2) is 17.0. The fraction of sp³-hybridized carbons (Fsp3) is 0.708. The van der Waals surface area contributed by atoms with Crippen LogP contribution in [0.15, 0.2) is 18.2 Å². The van der Waals surface area contributed by atoms with Crippen LogP contribution in [0.1, 0.15) is 118 Å². The normalized spacial score (nSPS) is 10.7. The van der Waals surface area contributed by atoms with Crippen molar-refractivity contribution in [3.05, 3.63) is 29.6 Å². The van der Waals surface area contributed by atoms with Crippen LogP contribution < -0.4 is 0 Å². The van der Waals surface area contributed by atoms with E-state index in [-0.39, 0.29) is 11.4 Å². The summed E-state index contributed by atoms with van der Waals surface area (Å²) in [4.78, 5) is 28.4. The van der Waals surface area contributed by atoms with Crippen molar-refractivity contribution in [2.45, 2.75) is 97.3 Å². The molecule has 0 aliphatic heterocycles. The van der Waals surface area contributed by atoms with E-state index in [1.165, 1.54) is 51.4 Å². The van der Waals surface area contributed by atoms with E-state index in [2.05, 4.69) is 18.8 Å². The maximum atomic E-state index is 12.2. The molecule has 5 nitrogen and oxygen atoms in total. The number of aromatic nitrogens is 1. The van der Waals surface area contributed by atoms with Crippen LogP contribution in [0.25, 0.3) is 0 Å². The van der Waals surface area contributed by atoms with Gasteiger partial charge < -0.3 is 9.47 Å². The summed E-state index contributed by atoms with van der Waals surface area (Å²) in [7, 11) is 0. The molecule has 29 heavy (non-hydrogen) atoms. The van der Waals surface area contributed by atoms with Crippen LogP contribution in [0.5, 0.6) is 0 Å². The molecule has 1 rings (SSSR count). The van der Waals surface area contributed by atoms with Crippen LogP contribution in [-0.2, 0) is 9.47 Å². The van der Waals surface area contributed by atoms with Gasteiger partial charge in [0.25, 0.3) is 0 Å². The Morgan fingerprint density at radius 1 is 0.655 bits per heavy atom. The van der Waals surface area contributed by atoms with Crippen molar-refractivity contribution in [1.82, 2.24) is 4.98 Å². The SMILES string of the molecule is CCCCCCCCCCOC(=O)c1cccc(C(=O)OCCCCCCC)n1. The number of hydrogen-bond acceptors (Lipinski definition) is 5. The average Bonchev–Trinajstić information content (AvgIpc) is 2.74. The summed E-state index contributed by atoms with van der Waals surface area (Å²) in [5.41, 5.74) is 0.307. The molecule has 0 N–H and O–H groups in total. The number of unbranched alkanes of at least 4 members (excludes halogenated alkanes) is 11. The summed E-state index contributed by atoms with van der Waals surface area (Å²) in [6.07, 6.45) is 15.0. The largest absolute Gasteiger partial charge is 0.461 e. The Morgan fingerprint density at radius 2 is 1.03 bits per heavy atom. The number of pyridine rings is 1. The smallest absolute Gasteiger partial charge is 0.356 e. The van der Waals surface area contributed by atoms with Crippen LogP contribution >= 0.6 is 0 Å². The van der Waals surface area contributed by atoms with Crippen molar-refractivity contribution in [3.63, 3.8) is 0 Å². The van der Waals surface area contributed by atoms with Crippen molar-refractivity contribution in [2.24, 2.45) is 0 Å². The summed E-state index contributed by atoms with van der Waals surface area (Å²) < 4.78 is 10.5. The third kappa shape index (κ3) is 12.3. The van der Waals surface area contributed by atoms with Crippen molar-refractivity contribution in [3.8, 4) is 0 Å². The van der Waals surface area contributed by atoms with Gasteiger partial charge in [-0.2, -0.15) is 0 Å². The molecular weight excluding hydrogens is 366 g/mol. The fourth-order valence-corrected chi connectivity index (χ4v) is 3.08. The standard InChI is InChI=1S/C24H39NO4/c1-3-5-7-9-10-11-13-15-20-29-24(27)22-18-16-17-21(25-22)23(26)28-19-14-12-8-6-4-2/h16-18H,3-15,19-20H2,1-2H3. The molecule has 0 bridgehead atoms. The van der Waals surface area contributed by atoms with Crippen LogP contribution in [0.3, 0.4) is 0 Å². The summed E-state index contributed by atoms with van der Waals surface area (Å²) >= 11 is 0. The zero-order valence-electron chi connectivity index (χ0n) is 18.4. The molecule has 0 atom stereocenters. The van der Waals surface area contributed by atoms with E-state index in [1.807, 2.05) is 0 Å². The molecule has 0 aliphatic carbocycles. The molecule has 0 aromatic carbocycles. The molecule has 0 saturated carbocycles. The lowest BCUT2D eigenvalue weighted by atomic mass is 10.1. The highest BCUT2D eigenvalue weighted by Gasteiger charge is 2.14. The first-order valence-corrected chi connectivity index (χ1v) is 11.5. The minimum absolute atomic E-state index is 0.153. The predicted octanol–water partition coefficient (Wildman–Crippen LogP) is 6.51. The number of carbonyl (C=O) groups excluding carboxylic acids is 2. The van der Waals surface area contributed by atoms with Gasteiger partial charge in [0.2, 0.25) is 0 Å². The lowest BCUT2D eigenvalue weighted by Gasteiger charge is -2.07. The molecule has 1 aromatic rings. The van der Waals surface area contributed by atoms with E-state index < -0.39 is 11.9 Å². The van der Waals surface area contributed by atoms with Gasteiger partial charge in [-0.15, -0.1) is 0 Å². The molecule has 164 valence electrons. The Labute approximate surface area is 176 Å². The van der Waals surface area contributed by atoms with Gasteiger partial charge in [0, 0.05) is 0 Å². The van der Waals surface area contributed by atoms with E-state index in [0.29, 0.717) is 13.2 Å². The monoisotopic (exact) mass is 405 g/mol. The van der Waals surface area contributed by atoms with E-state index >= 15 is 0 Å². The van der Waals surface area contributed by atoms with E-state index in [9.17, 15) is 9.59 Å². The zero-order valence-corrected chi connectivity index (χ0v) is 18.4. The topological polar surface area (TPSA) is 65.5 Å². The molecule has 1 heterocycles. The van der Waals surface area contributed by atoms with Gasteiger partial charge in [-0.1, -0.05) is 90.5 Å².